The lowest BCUT2D eigenvalue weighted by Gasteiger charge is -2.40. The molecule has 1 aliphatic carbocycles. The van der Waals surface area contributed by atoms with E-state index in [9.17, 15) is 9.59 Å². The van der Waals surface area contributed by atoms with Gasteiger partial charge in [-0.05, 0) is 38.5 Å². The van der Waals surface area contributed by atoms with Gasteiger partial charge in [0.1, 0.15) is 5.54 Å². The van der Waals surface area contributed by atoms with E-state index in [1.807, 2.05) is 0 Å². The van der Waals surface area contributed by atoms with Gasteiger partial charge in [-0.2, -0.15) is 0 Å². The van der Waals surface area contributed by atoms with Crippen LogP contribution in [0.25, 0.3) is 0 Å². The molecule has 18 heavy (non-hydrogen) atoms. The van der Waals surface area contributed by atoms with Gasteiger partial charge in [-0.15, -0.1) is 0 Å². The van der Waals surface area contributed by atoms with Gasteiger partial charge in [-0.1, -0.05) is 19.8 Å². The Morgan fingerprint density at radius 2 is 2.06 bits per heavy atom. The Hall–Kier alpha value is -1.06. The molecule has 102 valence electrons. The molecule has 2 aliphatic rings. The summed E-state index contributed by atoms with van der Waals surface area (Å²) in [6, 6.07) is 0. The second-order valence-corrected chi connectivity index (χ2v) is 6.50. The first-order valence-electron chi connectivity index (χ1n) is 6.99. The fourth-order valence-electron chi connectivity index (χ4n) is 3.27. The number of nitrogens with one attached hydrogen (secondary N) is 1. The van der Waals surface area contributed by atoms with E-state index in [0.29, 0.717) is 5.92 Å². The zero-order valence-corrected chi connectivity index (χ0v) is 11.7. The van der Waals surface area contributed by atoms with Crippen molar-refractivity contribution in [2.45, 2.75) is 52.0 Å². The lowest BCUT2D eigenvalue weighted by Crippen LogP contribution is -2.64. The van der Waals surface area contributed by atoms with Crippen LogP contribution in [-0.2, 0) is 9.59 Å². The van der Waals surface area contributed by atoms with Crippen LogP contribution in [0.2, 0.25) is 0 Å². The fourth-order valence-corrected chi connectivity index (χ4v) is 3.27. The Morgan fingerprint density at radius 1 is 1.33 bits per heavy atom. The number of carbonyl (C=O) groups is 2. The largest absolute Gasteiger partial charge is 0.341 e. The van der Waals surface area contributed by atoms with Crippen molar-refractivity contribution in [3.63, 3.8) is 0 Å². The van der Waals surface area contributed by atoms with Crippen molar-refractivity contribution in [3.8, 4) is 0 Å². The predicted molar refractivity (Wildman–Crippen MR) is 69.9 cm³/mol. The molecule has 1 aliphatic heterocycles. The van der Waals surface area contributed by atoms with Crippen molar-refractivity contribution < 1.29 is 9.59 Å². The summed E-state index contributed by atoms with van der Waals surface area (Å²) < 4.78 is 0. The summed E-state index contributed by atoms with van der Waals surface area (Å²) in [5, 5.41) is 2.75. The molecule has 0 aromatic carbocycles. The van der Waals surface area contributed by atoms with Crippen molar-refractivity contribution in [1.29, 1.82) is 0 Å². The minimum atomic E-state index is -0.740. The smallest absolute Gasteiger partial charge is 0.248 e. The molecular weight excluding hydrogens is 228 g/mol. The molecule has 1 saturated carbocycles. The minimum Gasteiger partial charge on any atom is -0.341 e. The monoisotopic (exact) mass is 252 g/mol. The first-order chi connectivity index (χ1) is 8.38. The molecule has 1 heterocycles. The lowest BCUT2D eigenvalue weighted by atomic mass is 9.82. The molecule has 0 bridgehead atoms. The molecular formula is C14H24N2O2. The standard InChI is InChI=1S/C14H24N2O2/c1-10-5-4-6-11(7-10)8-16-9-12(17)15-14(2,3)13(16)18/h10-11H,4-9H2,1-3H3,(H,15,17). The Morgan fingerprint density at radius 3 is 2.72 bits per heavy atom. The molecule has 2 atom stereocenters. The fraction of sp³-hybridized carbons (Fsp3) is 0.857. The SMILES string of the molecule is CC1CCCC(CN2CC(=O)NC(C)(C)C2=O)C1. The van der Waals surface area contributed by atoms with Crippen molar-refractivity contribution >= 4 is 11.8 Å². The van der Waals surface area contributed by atoms with Gasteiger partial charge < -0.3 is 10.2 Å². The van der Waals surface area contributed by atoms with E-state index in [0.717, 1.165) is 12.5 Å². The number of piperazine rings is 1. The molecule has 2 fully saturated rings. The highest BCUT2D eigenvalue weighted by Gasteiger charge is 2.39. The second kappa shape index (κ2) is 4.90. The Balaban J connectivity index is 1.99. The van der Waals surface area contributed by atoms with Crippen LogP contribution in [0.3, 0.4) is 0 Å². The third-order valence-corrected chi connectivity index (χ3v) is 4.13. The van der Waals surface area contributed by atoms with Gasteiger partial charge in [0.2, 0.25) is 11.8 Å². The third-order valence-electron chi connectivity index (χ3n) is 4.13. The van der Waals surface area contributed by atoms with Gasteiger partial charge in [0, 0.05) is 6.54 Å². The highest BCUT2D eigenvalue weighted by atomic mass is 16.2. The Labute approximate surface area is 109 Å². The van der Waals surface area contributed by atoms with Crippen LogP contribution >= 0.6 is 0 Å². The van der Waals surface area contributed by atoms with Crippen molar-refractivity contribution in [2.24, 2.45) is 11.8 Å². The van der Waals surface area contributed by atoms with E-state index in [4.69, 9.17) is 0 Å². The molecule has 4 nitrogen and oxygen atoms in total. The van der Waals surface area contributed by atoms with E-state index >= 15 is 0 Å². The van der Waals surface area contributed by atoms with Gasteiger partial charge in [-0.25, -0.2) is 0 Å². The first-order valence-corrected chi connectivity index (χ1v) is 6.99. The molecule has 0 aromatic rings. The quantitative estimate of drug-likeness (QED) is 0.810. The average Bonchev–Trinajstić information content (AvgIpc) is 2.24. The minimum absolute atomic E-state index is 0.0385. The number of amides is 2. The molecule has 1 N–H and O–H groups in total. The zero-order valence-electron chi connectivity index (χ0n) is 11.7. The molecule has 0 radical (unpaired) electrons. The summed E-state index contributed by atoms with van der Waals surface area (Å²) in [5.74, 6) is 1.34. The summed E-state index contributed by atoms with van der Waals surface area (Å²) in [5.41, 5.74) is -0.740. The average molecular weight is 252 g/mol. The molecule has 4 heteroatoms. The number of rotatable bonds is 2. The van der Waals surface area contributed by atoms with Gasteiger partial charge in [0.15, 0.2) is 0 Å². The molecule has 2 rings (SSSR count). The third kappa shape index (κ3) is 2.85. The first kappa shape index (κ1) is 13.4. The van der Waals surface area contributed by atoms with Gasteiger partial charge >= 0.3 is 0 Å². The van der Waals surface area contributed by atoms with E-state index in [-0.39, 0.29) is 18.4 Å². The maximum atomic E-state index is 12.3. The number of hydrogen-bond donors (Lipinski definition) is 1. The molecule has 2 amide bonds. The summed E-state index contributed by atoms with van der Waals surface area (Å²) in [6.07, 6.45) is 4.93. The maximum Gasteiger partial charge on any atom is 0.248 e. The van der Waals surface area contributed by atoms with Crippen LogP contribution in [0.4, 0.5) is 0 Å². The van der Waals surface area contributed by atoms with Crippen LogP contribution in [0.5, 0.6) is 0 Å². The van der Waals surface area contributed by atoms with Crippen molar-refractivity contribution in [1.82, 2.24) is 10.2 Å². The topological polar surface area (TPSA) is 49.4 Å². The van der Waals surface area contributed by atoms with Gasteiger partial charge in [-0.3, -0.25) is 9.59 Å². The van der Waals surface area contributed by atoms with Crippen LogP contribution in [0, 0.1) is 11.8 Å². The Kier molecular flexibility index (Phi) is 3.64. The molecule has 0 aromatic heterocycles. The summed E-state index contributed by atoms with van der Waals surface area (Å²) in [7, 11) is 0. The highest BCUT2D eigenvalue weighted by Crippen LogP contribution is 2.29. The normalized spacial score (nSPS) is 32.3. The number of carbonyl (C=O) groups excluding carboxylic acids is 2. The summed E-state index contributed by atoms with van der Waals surface area (Å²) >= 11 is 0. The second-order valence-electron chi connectivity index (χ2n) is 6.50. The predicted octanol–water partition coefficient (Wildman–Crippen LogP) is 1.55. The van der Waals surface area contributed by atoms with Crippen LogP contribution in [-0.4, -0.2) is 35.3 Å². The van der Waals surface area contributed by atoms with Crippen molar-refractivity contribution in [2.75, 3.05) is 13.1 Å². The van der Waals surface area contributed by atoms with Crippen molar-refractivity contribution in [3.05, 3.63) is 0 Å². The van der Waals surface area contributed by atoms with Gasteiger partial charge in [0.25, 0.3) is 0 Å². The maximum absolute atomic E-state index is 12.3. The number of hydrogen-bond acceptors (Lipinski definition) is 2. The van der Waals surface area contributed by atoms with E-state index < -0.39 is 5.54 Å². The lowest BCUT2D eigenvalue weighted by molar-refractivity contribution is -0.149. The summed E-state index contributed by atoms with van der Waals surface area (Å²) in [4.78, 5) is 25.6. The van der Waals surface area contributed by atoms with E-state index in [1.54, 1.807) is 18.7 Å². The highest BCUT2D eigenvalue weighted by molar-refractivity contribution is 5.97. The zero-order chi connectivity index (χ0) is 13.3. The molecule has 1 saturated heterocycles. The van der Waals surface area contributed by atoms with Crippen LogP contribution < -0.4 is 5.32 Å². The Bertz CT molecular complexity index is 352. The molecule has 0 spiro atoms. The summed E-state index contributed by atoms with van der Waals surface area (Å²) in [6.45, 7) is 6.82. The number of nitrogens with zero attached hydrogens (tertiary/aromatic N) is 1. The van der Waals surface area contributed by atoms with E-state index in [1.165, 1.54) is 25.7 Å². The van der Waals surface area contributed by atoms with Gasteiger partial charge in [0.05, 0.1) is 6.54 Å². The van der Waals surface area contributed by atoms with E-state index in [2.05, 4.69) is 12.2 Å². The molecule has 2 unspecified atom stereocenters. The van der Waals surface area contributed by atoms with Crippen LogP contribution in [0.1, 0.15) is 46.5 Å². The van der Waals surface area contributed by atoms with Crippen LogP contribution in [0.15, 0.2) is 0 Å².